The lowest BCUT2D eigenvalue weighted by Gasteiger charge is -2.09. The van der Waals surface area contributed by atoms with E-state index in [1.54, 1.807) is 0 Å². The number of rotatable bonds is 4. The van der Waals surface area contributed by atoms with Gasteiger partial charge in [0.15, 0.2) is 0 Å². The molecule has 0 amide bonds. The molecule has 0 aliphatic carbocycles. The van der Waals surface area contributed by atoms with Crippen LogP contribution in [0, 0.1) is 15.9 Å². The van der Waals surface area contributed by atoms with Crippen molar-refractivity contribution in [3.05, 3.63) is 51.3 Å². The van der Waals surface area contributed by atoms with Gasteiger partial charge in [-0.05, 0) is 12.1 Å². The molecule has 4 N–H and O–H groups in total. The molecule has 0 saturated carbocycles. The average molecular weight is 298 g/mol. The summed E-state index contributed by atoms with van der Waals surface area (Å²) in [6.45, 7) is 0. The quantitative estimate of drug-likeness (QED) is 0.455. The Balaban J connectivity index is 2.43. The number of benzene rings is 1. The van der Waals surface area contributed by atoms with Crippen LogP contribution in [-0.2, 0) is 0 Å². The number of nitrogen functional groups attached to an aromatic ring is 1. The number of hydrogen-bond acceptors (Lipinski definition) is 6. The van der Waals surface area contributed by atoms with E-state index in [0.29, 0.717) is 0 Å². The number of hydrogen-bond donors (Lipinski definition) is 3. The van der Waals surface area contributed by atoms with Crippen LogP contribution in [0.15, 0.2) is 30.3 Å². The molecule has 1 aromatic carbocycles. The third kappa shape index (κ3) is 2.92. The van der Waals surface area contributed by atoms with E-state index in [1.807, 2.05) is 0 Å². The SMILES string of the molecule is NNc1cc([N+](=O)[O-])cc(Nc2c(F)cccc2Cl)n1. The van der Waals surface area contributed by atoms with Crippen LogP contribution in [-0.4, -0.2) is 9.91 Å². The fourth-order valence-electron chi connectivity index (χ4n) is 1.50. The molecule has 0 radical (unpaired) electrons. The maximum Gasteiger partial charge on any atom is 0.276 e. The molecule has 1 aromatic heterocycles. The van der Waals surface area contributed by atoms with Gasteiger partial charge in [-0.25, -0.2) is 15.2 Å². The number of halogens is 2. The van der Waals surface area contributed by atoms with Crippen LogP contribution in [0.3, 0.4) is 0 Å². The van der Waals surface area contributed by atoms with Crippen molar-refractivity contribution in [2.75, 3.05) is 10.7 Å². The van der Waals surface area contributed by atoms with E-state index in [4.69, 9.17) is 17.4 Å². The minimum absolute atomic E-state index is 0.0230. The summed E-state index contributed by atoms with van der Waals surface area (Å²) in [7, 11) is 0. The van der Waals surface area contributed by atoms with Gasteiger partial charge in [-0.1, -0.05) is 17.7 Å². The number of aromatic nitrogens is 1. The maximum atomic E-state index is 13.6. The molecule has 0 aliphatic heterocycles. The van der Waals surface area contributed by atoms with E-state index < -0.39 is 10.7 Å². The van der Waals surface area contributed by atoms with E-state index in [9.17, 15) is 14.5 Å². The maximum absolute atomic E-state index is 13.6. The van der Waals surface area contributed by atoms with E-state index in [2.05, 4.69) is 15.7 Å². The van der Waals surface area contributed by atoms with Crippen LogP contribution in [0.5, 0.6) is 0 Å². The monoisotopic (exact) mass is 297 g/mol. The number of anilines is 3. The van der Waals surface area contributed by atoms with Crippen molar-refractivity contribution in [3.8, 4) is 0 Å². The first-order chi connectivity index (χ1) is 9.51. The second-order valence-electron chi connectivity index (χ2n) is 3.72. The number of nitro groups is 1. The molecule has 0 aliphatic rings. The number of nitrogens with zero attached hydrogens (tertiary/aromatic N) is 2. The smallest absolute Gasteiger partial charge is 0.276 e. The summed E-state index contributed by atoms with van der Waals surface area (Å²) in [5, 5.41) is 13.5. The second kappa shape index (κ2) is 5.68. The standard InChI is InChI=1S/C11H9ClFN5O2/c12-7-2-1-3-8(13)11(7)16-9-4-6(18(19)20)5-10(15-9)17-14/h1-5H,14H2,(H2,15,16,17). The van der Waals surface area contributed by atoms with Crippen LogP contribution in [0.25, 0.3) is 0 Å². The van der Waals surface area contributed by atoms with Crippen LogP contribution in [0.1, 0.15) is 0 Å². The Morgan fingerprint density at radius 3 is 2.65 bits per heavy atom. The topological polar surface area (TPSA) is 106 Å². The molecule has 7 nitrogen and oxygen atoms in total. The first-order valence-electron chi connectivity index (χ1n) is 5.35. The number of nitrogens with two attached hydrogens (primary N) is 1. The highest BCUT2D eigenvalue weighted by Crippen LogP contribution is 2.29. The van der Waals surface area contributed by atoms with Crippen molar-refractivity contribution in [2.24, 2.45) is 5.84 Å². The van der Waals surface area contributed by atoms with Gasteiger partial charge in [0.05, 0.1) is 27.8 Å². The molecule has 20 heavy (non-hydrogen) atoms. The van der Waals surface area contributed by atoms with Crippen molar-refractivity contribution < 1.29 is 9.31 Å². The Bertz CT molecular complexity index is 647. The predicted octanol–water partition coefficient (Wildman–Crippen LogP) is 2.81. The van der Waals surface area contributed by atoms with E-state index in [1.165, 1.54) is 18.2 Å². The molecule has 2 aromatic rings. The van der Waals surface area contributed by atoms with Gasteiger partial charge in [-0.15, -0.1) is 0 Å². The third-order valence-electron chi connectivity index (χ3n) is 2.38. The zero-order chi connectivity index (χ0) is 14.7. The molecule has 0 fully saturated rings. The Morgan fingerprint density at radius 2 is 2.05 bits per heavy atom. The molecule has 0 atom stereocenters. The van der Waals surface area contributed by atoms with Crippen molar-refractivity contribution in [1.29, 1.82) is 0 Å². The lowest BCUT2D eigenvalue weighted by molar-refractivity contribution is -0.384. The van der Waals surface area contributed by atoms with Gasteiger partial charge in [-0.3, -0.25) is 10.1 Å². The first-order valence-corrected chi connectivity index (χ1v) is 5.73. The zero-order valence-electron chi connectivity index (χ0n) is 9.93. The highest BCUT2D eigenvalue weighted by atomic mass is 35.5. The number of hydrazine groups is 1. The molecule has 1 heterocycles. The highest BCUT2D eigenvalue weighted by molar-refractivity contribution is 6.33. The summed E-state index contributed by atoms with van der Waals surface area (Å²) in [6.07, 6.45) is 0. The summed E-state index contributed by atoms with van der Waals surface area (Å²) in [4.78, 5) is 14.1. The largest absolute Gasteiger partial charge is 0.336 e. The normalized spacial score (nSPS) is 10.2. The highest BCUT2D eigenvalue weighted by Gasteiger charge is 2.13. The summed E-state index contributed by atoms with van der Waals surface area (Å²) in [6, 6.07) is 6.41. The van der Waals surface area contributed by atoms with E-state index in [-0.39, 0.29) is 28.0 Å². The Morgan fingerprint density at radius 1 is 1.35 bits per heavy atom. The minimum atomic E-state index is -0.614. The molecule has 0 saturated heterocycles. The summed E-state index contributed by atoms with van der Waals surface area (Å²) >= 11 is 5.85. The van der Waals surface area contributed by atoms with Crippen LogP contribution < -0.4 is 16.6 Å². The van der Waals surface area contributed by atoms with Crippen LogP contribution >= 0.6 is 11.6 Å². The second-order valence-corrected chi connectivity index (χ2v) is 4.13. The minimum Gasteiger partial charge on any atom is -0.336 e. The molecular formula is C11H9ClFN5O2. The molecule has 0 bridgehead atoms. The summed E-state index contributed by atoms with van der Waals surface area (Å²) < 4.78 is 13.6. The lowest BCUT2D eigenvalue weighted by atomic mass is 10.3. The molecular weight excluding hydrogens is 289 g/mol. The number of nitrogens with one attached hydrogen (secondary N) is 2. The fourth-order valence-corrected chi connectivity index (χ4v) is 1.72. The van der Waals surface area contributed by atoms with Gasteiger partial charge in [-0.2, -0.15) is 0 Å². The summed E-state index contributed by atoms with van der Waals surface area (Å²) in [5.41, 5.74) is 1.93. The molecule has 0 unspecified atom stereocenters. The first kappa shape index (κ1) is 14.0. The molecule has 104 valence electrons. The van der Waals surface area contributed by atoms with Crippen molar-refractivity contribution in [1.82, 2.24) is 4.98 Å². The van der Waals surface area contributed by atoms with Crippen LogP contribution in [0.4, 0.5) is 27.4 Å². The fraction of sp³-hybridized carbons (Fsp3) is 0. The van der Waals surface area contributed by atoms with Gasteiger partial charge in [0, 0.05) is 0 Å². The lowest BCUT2D eigenvalue weighted by Crippen LogP contribution is -2.10. The van der Waals surface area contributed by atoms with Crippen molar-refractivity contribution >= 4 is 34.6 Å². The Hall–Kier alpha value is -2.45. The van der Waals surface area contributed by atoms with Gasteiger partial charge >= 0.3 is 0 Å². The third-order valence-corrected chi connectivity index (χ3v) is 2.70. The van der Waals surface area contributed by atoms with E-state index in [0.717, 1.165) is 12.1 Å². The molecule has 0 spiro atoms. The van der Waals surface area contributed by atoms with Gasteiger partial charge in [0.2, 0.25) is 0 Å². The predicted molar refractivity (Wildman–Crippen MR) is 73.4 cm³/mol. The zero-order valence-corrected chi connectivity index (χ0v) is 10.7. The van der Waals surface area contributed by atoms with Gasteiger partial charge in [0.25, 0.3) is 5.69 Å². The van der Waals surface area contributed by atoms with Crippen molar-refractivity contribution in [2.45, 2.75) is 0 Å². The summed E-state index contributed by atoms with van der Waals surface area (Å²) in [5.74, 6) is 4.68. The van der Waals surface area contributed by atoms with Crippen LogP contribution in [0.2, 0.25) is 5.02 Å². The molecule has 2 rings (SSSR count). The van der Waals surface area contributed by atoms with E-state index >= 15 is 0 Å². The Labute approximate surface area is 117 Å². The molecule has 9 heteroatoms. The number of pyridine rings is 1. The van der Waals surface area contributed by atoms with Gasteiger partial charge < -0.3 is 10.7 Å². The average Bonchev–Trinajstić information content (AvgIpc) is 2.42. The van der Waals surface area contributed by atoms with Gasteiger partial charge in [0.1, 0.15) is 17.5 Å². The number of para-hydroxylation sites is 1. The van der Waals surface area contributed by atoms with Crippen molar-refractivity contribution in [3.63, 3.8) is 0 Å². The Kier molecular flexibility index (Phi) is 3.97.